The number of aryl methyl sites for hydroxylation is 1. The molecule has 3 nitrogen and oxygen atoms in total. The van der Waals surface area contributed by atoms with Crippen molar-refractivity contribution in [1.29, 1.82) is 0 Å². The molecule has 5 heteroatoms. The summed E-state index contributed by atoms with van der Waals surface area (Å²) >= 11 is 5.66. The van der Waals surface area contributed by atoms with Crippen LogP contribution >= 0.6 is 11.6 Å². The number of halogens is 2. The summed E-state index contributed by atoms with van der Waals surface area (Å²) in [5, 5.41) is 0.276. The van der Waals surface area contributed by atoms with E-state index >= 15 is 0 Å². The molecule has 1 aromatic heterocycles. The van der Waals surface area contributed by atoms with Gasteiger partial charge in [-0.25, -0.2) is 14.4 Å². The number of benzene rings is 1. The van der Waals surface area contributed by atoms with Crippen molar-refractivity contribution in [3.63, 3.8) is 0 Å². The molecule has 0 radical (unpaired) electrons. The van der Waals surface area contributed by atoms with Gasteiger partial charge in [0.05, 0.1) is 0 Å². The molecule has 0 atom stereocenters. The standard InChI is InChI=1S/C11H8ClFN2O/c1-7-2-3-8(4-9(7)13)16-11-5-10(12)14-6-15-11/h2-6H,1H3. The van der Waals surface area contributed by atoms with Crippen molar-refractivity contribution in [2.45, 2.75) is 6.92 Å². The second-order valence-corrected chi connectivity index (χ2v) is 3.58. The van der Waals surface area contributed by atoms with Crippen molar-refractivity contribution in [2.75, 3.05) is 0 Å². The van der Waals surface area contributed by atoms with Gasteiger partial charge in [0, 0.05) is 12.1 Å². The van der Waals surface area contributed by atoms with E-state index in [1.807, 2.05) is 0 Å². The van der Waals surface area contributed by atoms with Crippen LogP contribution in [-0.2, 0) is 0 Å². The fourth-order valence-electron chi connectivity index (χ4n) is 1.13. The fourth-order valence-corrected chi connectivity index (χ4v) is 1.27. The zero-order valence-corrected chi connectivity index (χ0v) is 9.20. The third-order valence-electron chi connectivity index (χ3n) is 1.97. The summed E-state index contributed by atoms with van der Waals surface area (Å²) in [5.41, 5.74) is 0.563. The van der Waals surface area contributed by atoms with Crippen LogP contribution in [0, 0.1) is 12.7 Å². The summed E-state index contributed by atoms with van der Waals surface area (Å²) in [4.78, 5) is 7.56. The van der Waals surface area contributed by atoms with Crippen molar-refractivity contribution in [1.82, 2.24) is 9.97 Å². The van der Waals surface area contributed by atoms with Gasteiger partial charge < -0.3 is 4.74 Å². The Morgan fingerprint density at radius 2 is 2.06 bits per heavy atom. The molecule has 0 saturated carbocycles. The average Bonchev–Trinajstić information content (AvgIpc) is 2.24. The van der Waals surface area contributed by atoms with Gasteiger partial charge in [0.15, 0.2) is 0 Å². The Bertz CT molecular complexity index is 519. The average molecular weight is 239 g/mol. The van der Waals surface area contributed by atoms with Crippen LogP contribution in [0.15, 0.2) is 30.6 Å². The summed E-state index contributed by atoms with van der Waals surface area (Å²) in [6.07, 6.45) is 1.28. The Labute approximate surface area is 96.9 Å². The third-order valence-corrected chi connectivity index (χ3v) is 2.18. The summed E-state index contributed by atoms with van der Waals surface area (Å²) in [6.45, 7) is 1.68. The molecule has 2 rings (SSSR count). The fraction of sp³-hybridized carbons (Fsp3) is 0.0909. The Morgan fingerprint density at radius 1 is 1.25 bits per heavy atom. The van der Waals surface area contributed by atoms with Crippen LogP contribution < -0.4 is 4.74 Å². The normalized spacial score (nSPS) is 10.2. The minimum absolute atomic E-state index is 0.276. The molecule has 0 aliphatic rings. The van der Waals surface area contributed by atoms with Gasteiger partial charge in [-0.3, -0.25) is 0 Å². The third kappa shape index (κ3) is 2.46. The van der Waals surface area contributed by atoms with Crippen LogP contribution in [-0.4, -0.2) is 9.97 Å². The van der Waals surface area contributed by atoms with Crippen molar-refractivity contribution in [3.8, 4) is 11.6 Å². The molecule has 0 aliphatic carbocycles. The first-order valence-electron chi connectivity index (χ1n) is 4.57. The largest absolute Gasteiger partial charge is 0.439 e. The molecule has 0 amide bonds. The SMILES string of the molecule is Cc1ccc(Oc2cc(Cl)ncn2)cc1F. The number of rotatable bonds is 2. The lowest BCUT2D eigenvalue weighted by Crippen LogP contribution is -1.90. The van der Waals surface area contributed by atoms with Crippen LogP contribution in [0.2, 0.25) is 5.15 Å². The van der Waals surface area contributed by atoms with Gasteiger partial charge in [-0.15, -0.1) is 0 Å². The Hall–Kier alpha value is -1.68. The zero-order valence-electron chi connectivity index (χ0n) is 8.45. The van der Waals surface area contributed by atoms with E-state index < -0.39 is 0 Å². The first-order valence-corrected chi connectivity index (χ1v) is 4.94. The predicted molar refractivity (Wildman–Crippen MR) is 58.3 cm³/mol. The highest BCUT2D eigenvalue weighted by Gasteiger charge is 2.03. The van der Waals surface area contributed by atoms with Crippen molar-refractivity contribution in [2.24, 2.45) is 0 Å². The molecule has 0 fully saturated rings. The molecule has 0 unspecified atom stereocenters. The van der Waals surface area contributed by atoms with E-state index in [1.54, 1.807) is 19.1 Å². The van der Waals surface area contributed by atoms with Gasteiger partial charge in [-0.2, -0.15) is 0 Å². The lowest BCUT2D eigenvalue weighted by atomic mass is 10.2. The van der Waals surface area contributed by atoms with E-state index in [9.17, 15) is 4.39 Å². The van der Waals surface area contributed by atoms with E-state index in [2.05, 4.69) is 9.97 Å². The Morgan fingerprint density at radius 3 is 2.75 bits per heavy atom. The van der Waals surface area contributed by atoms with Crippen LogP contribution in [0.25, 0.3) is 0 Å². The van der Waals surface area contributed by atoms with Gasteiger partial charge in [0.25, 0.3) is 0 Å². The summed E-state index contributed by atoms with van der Waals surface area (Å²) in [7, 11) is 0. The molecule has 0 N–H and O–H groups in total. The first-order chi connectivity index (χ1) is 7.65. The zero-order chi connectivity index (χ0) is 11.5. The van der Waals surface area contributed by atoms with Crippen LogP contribution in [0.5, 0.6) is 11.6 Å². The second-order valence-electron chi connectivity index (χ2n) is 3.19. The molecule has 0 aliphatic heterocycles. The molecule has 0 spiro atoms. The second kappa shape index (κ2) is 4.45. The lowest BCUT2D eigenvalue weighted by Gasteiger charge is -2.05. The molecule has 0 bridgehead atoms. The van der Waals surface area contributed by atoms with Crippen LogP contribution in [0.3, 0.4) is 0 Å². The maximum atomic E-state index is 13.2. The molecular formula is C11H8ClFN2O. The number of nitrogens with zero attached hydrogens (tertiary/aromatic N) is 2. The molecule has 82 valence electrons. The topological polar surface area (TPSA) is 35.0 Å². The van der Waals surface area contributed by atoms with Gasteiger partial charge in [-0.1, -0.05) is 17.7 Å². The molecule has 16 heavy (non-hydrogen) atoms. The van der Waals surface area contributed by atoms with Gasteiger partial charge >= 0.3 is 0 Å². The van der Waals surface area contributed by atoms with Crippen molar-refractivity contribution >= 4 is 11.6 Å². The van der Waals surface area contributed by atoms with E-state index in [0.29, 0.717) is 11.3 Å². The number of hydrogen-bond acceptors (Lipinski definition) is 3. The van der Waals surface area contributed by atoms with Crippen LogP contribution in [0.4, 0.5) is 4.39 Å². The smallest absolute Gasteiger partial charge is 0.223 e. The van der Waals surface area contributed by atoms with Crippen LogP contribution in [0.1, 0.15) is 5.56 Å². The van der Waals surface area contributed by atoms with Crippen molar-refractivity contribution < 1.29 is 9.13 Å². The Balaban J connectivity index is 2.24. The molecule has 1 aromatic carbocycles. The number of aromatic nitrogens is 2. The first kappa shape index (κ1) is 10.8. The summed E-state index contributed by atoms with van der Waals surface area (Å²) in [6, 6.07) is 6.05. The maximum absolute atomic E-state index is 13.2. The van der Waals surface area contributed by atoms with Crippen molar-refractivity contribution in [3.05, 3.63) is 47.1 Å². The van der Waals surface area contributed by atoms with E-state index in [4.69, 9.17) is 16.3 Å². The predicted octanol–water partition coefficient (Wildman–Crippen LogP) is 3.37. The molecular weight excluding hydrogens is 231 g/mol. The molecule has 0 saturated heterocycles. The van der Waals surface area contributed by atoms with Gasteiger partial charge in [-0.05, 0) is 18.6 Å². The highest BCUT2D eigenvalue weighted by Crippen LogP contribution is 2.22. The quantitative estimate of drug-likeness (QED) is 0.753. The van der Waals surface area contributed by atoms with Gasteiger partial charge in [0.2, 0.25) is 5.88 Å². The van der Waals surface area contributed by atoms with E-state index in [-0.39, 0.29) is 16.9 Å². The lowest BCUT2D eigenvalue weighted by molar-refractivity contribution is 0.456. The van der Waals surface area contributed by atoms with E-state index in [0.717, 1.165) is 0 Å². The summed E-state index contributed by atoms with van der Waals surface area (Å²) < 4.78 is 18.5. The minimum Gasteiger partial charge on any atom is -0.439 e. The minimum atomic E-state index is -0.322. The highest BCUT2D eigenvalue weighted by molar-refractivity contribution is 6.29. The maximum Gasteiger partial charge on any atom is 0.223 e. The van der Waals surface area contributed by atoms with E-state index in [1.165, 1.54) is 18.5 Å². The molecule has 2 aromatic rings. The number of ether oxygens (including phenoxy) is 1. The monoisotopic (exact) mass is 238 g/mol. The summed E-state index contributed by atoms with van der Waals surface area (Å²) in [5.74, 6) is 0.332. The number of hydrogen-bond donors (Lipinski definition) is 0. The molecule has 1 heterocycles. The van der Waals surface area contributed by atoms with Gasteiger partial charge in [0.1, 0.15) is 23.0 Å². The highest BCUT2D eigenvalue weighted by atomic mass is 35.5. The Kier molecular flexibility index (Phi) is 3.01.